The zero-order valence-electron chi connectivity index (χ0n) is 11.0. The molecule has 2 N–H and O–H groups in total. The minimum absolute atomic E-state index is 0.0613. The number of carbonyl (C=O) groups excluding carboxylic acids is 1. The number of carbonyl (C=O) groups is 1. The minimum atomic E-state index is -0.883. The van der Waals surface area contributed by atoms with Gasteiger partial charge in [0.1, 0.15) is 17.6 Å². The van der Waals surface area contributed by atoms with Gasteiger partial charge in [-0.25, -0.2) is 0 Å². The van der Waals surface area contributed by atoms with Crippen molar-refractivity contribution >= 4 is 5.91 Å². The number of aliphatic hydroxyl groups is 1. The molecular formula is C15H14N2O3. The molecule has 1 heterocycles. The fraction of sp³-hybridized carbons (Fsp3) is 0.200. The van der Waals surface area contributed by atoms with Crippen molar-refractivity contribution in [2.24, 2.45) is 0 Å². The number of hydrogen-bond acceptors (Lipinski definition) is 4. The summed E-state index contributed by atoms with van der Waals surface area (Å²) in [5, 5.41) is 21.1. The topological polar surface area (TPSA) is 86.3 Å². The maximum atomic E-state index is 11.8. The second-order valence-corrected chi connectivity index (χ2v) is 4.36. The molecule has 1 atom stereocenters. The fourth-order valence-electron chi connectivity index (χ4n) is 1.72. The van der Waals surface area contributed by atoms with Gasteiger partial charge in [-0.1, -0.05) is 0 Å². The molecule has 0 saturated carbocycles. The van der Waals surface area contributed by atoms with Crippen molar-refractivity contribution in [3.63, 3.8) is 0 Å². The van der Waals surface area contributed by atoms with Crippen LogP contribution in [0, 0.1) is 18.3 Å². The Hall–Kier alpha value is -2.58. The molecular weight excluding hydrogens is 256 g/mol. The first-order valence-electron chi connectivity index (χ1n) is 6.13. The van der Waals surface area contributed by atoms with Crippen molar-refractivity contribution in [3.05, 3.63) is 59.0 Å². The molecule has 20 heavy (non-hydrogen) atoms. The van der Waals surface area contributed by atoms with Crippen molar-refractivity contribution in [3.8, 4) is 6.07 Å². The monoisotopic (exact) mass is 270 g/mol. The van der Waals surface area contributed by atoms with E-state index < -0.39 is 6.10 Å². The lowest BCUT2D eigenvalue weighted by Gasteiger charge is -2.09. The highest BCUT2D eigenvalue weighted by atomic mass is 16.4. The second-order valence-electron chi connectivity index (χ2n) is 4.36. The van der Waals surface area contributed by atoms with E-state index in [1.807, 2.05) is 6.07 Å². The van der Waals surface area contributed by atoms with Crippen LogP contribution < -0.4 is 5.32 Å². The molecule has 0 spiro atoms. The Bertz CT molecular complexity index is 638. The molecule has 102 valence electrons. The van der Waals surface area contributed by atoms with Crippen LogP contribution in [0.5, 0.6) is 0 Å². The summed E-state index contributed by atoms with van der Waals surface area (Å²) in [6.07, 6.45) is -0.883. The van der Waals surface area contributed by atoms with E-state index in [1.165, 1.54) is 0 Å². The largest absolute Gasteiger partial charge is 0.464 e. The van der Waals surface area contributed by atoms with Crippen LogP contribution in [0.1, 0.15) is 33.5 Å². The fourth-order valence-corrected chi connectivity index (χ4v) is 1.72. The Morgan fingerprint density at radius 3 is 2.60 bits per heavy atom. The number of furan rings is 1. The van der Waals surface area contributed by atoms with Crippen LogP contribution in [0.15, 0.2) is 40.8 Å². The highest BCUT2D eigenvalue weighted by Gasteiger charge is 2.13. The van der Waals surface area contributed by atoms with Crippen LogP contribution in [0.25, 0.3) is 0 Å². The van der Waals surface area contributed by atoms with Gasteiger partial charge in [-0.05, 0) is 43.3 Å². The molecule has 2 rings (SSSR count). The number of nitrogens with one attached hydrogen (secondary N) is 1. The predicted molar refractivity (Wildman–Crippen MR) is 71.9 cm³/mol. The maximum Gasteiger partial charge on any atom is 0.251 e. The third-order valence-corrected chi connectivity index (χ3v) is 2.82. The standard InChI is InChI=1S/C15H14N2O3/c1-10-2-7-14(20-10)13(18)9-17-15(19)12-5-3-11(8-16)4-6-12/h2-7,13,18H,9H2,1H3,(H,17,19)/t13-/m1/s1. The predicted octanol–water partition coefficient (Wildman–Crippen LogP) is 1.92. The molecule has 0 bridgehead atoms. The van der Waals surface area contributed by atoms with Crippen LogP contribution >= 0.6 is 0 Å². The Balaban J connectivity index is 1.93. The van der Waals surface area contributed by atoms with Gasteiger partial charge in [0.2, 0.25) is 0 Å². The first-order chi connectivity index (χ1) is 9.60. The van der Waals surface area contributed by atoms with E-state index in [0.717, 1.165) is 0 Å². The summed E-state index contributed by atoms with van der Waals surface area (Å²) in [7, 11) is 0. The van der Waals surface area contributed by atoms with Crippen LogP contribution in [-0.4, -0.2) is 17.6 Å². The number of benzene rings is 1. The molecule has 2 aromatic rings. The number of nitrogens with zero attached hydrogens (tertiary/aromatic N) is 1. The molecule has 5 nitrogen and oxygen atoms in total. The summed E-state index contributed by atoms with van der Waals surface area (Å²) in [6.45, 7) is 1.84. The molecule has 0 aliphatic carbocycles. The molecule has 0 saturated heterocycles. The van der Waals surface area contributed by atoms with E-state index in [4.69, 9.17) is 9.68 Å². The van der Waals surface area contributed by atoms with Crippen molar-refractivity contribution in [1.29, 1.82) is 5.26 Å². The third-order valence-electron chi connectivity index (χ3n) is 2.82. The zero-order chi connectivity index (χ0) is 14.5. The van der Waals surface area contributed by atoms with Crippen LogP contribution in [0.4, 0.5) is 0 Å². The normalized spacial score (nSPS) is 11.7. The summed E-state index contributed by atoms with van der Waals surface area (Å²) in [5.74, 6) is 0.817. The second kappa shape index (κ2) is 6.04. The highest BCUT2D eigenvalue weighted by Crippen LogP contribution is 2.15. The Morgan fingerprint density at radius 1 is 1.35 bits per heavy atom. The molecule has 0 radical (unpaired) electrons. The molecule has 0 unspecified atom stereocenters. The van der Waals surface area contributed by atoms with E-state index in [9.17, 15) is 9.90 Å². The third kappa shape index (κ3) is 3.25. The maximum absolute atomic E-state index is 11.8. The molecule has 0 fully saturated rings. The van der Waals surface area contributed by atoms with Crippen LogP contribution in [0.3, 0.4) is 0 Å². The van der Waals surface area contributed by atoms with Gasteiger partial charge in [-0.2, -0.15) is 5.26 Å². The highest BCUT2D eigenvalue weighted by molar-refractivity contribution is 5.94. The quantitative estimate of drug-likeness (QED) is 0.888. The van der Waals surface area contributed by atoms with Gasteiger partial charge < -0.3 is 14.8 Å². The lowest BCUT2D eigenvalue weighted by molar-refractivity contribution is 0.0900. The van der Waals surface area contributed by atoms with Crippen molar-refractivity contribution in [1.82, 2.24) is 5.32 Å². The van der Waals surface area contributed by atoms with E-state index in [0.29, 0.717) is 22.6 Å². The average Bonchev–Trinajstić information content (AvgIpc) is 2.91. The smallest absolute Gasteiger partial charge is 0.251 e. The summed E-state index contributed by atoms with van der Waals surface area (Å²) >= 11 is 0. The van der Waals surface area contributed by atoms with Crippen molar-refractivity contribution in [2.45, 2.75) is 13.0 Å². The lowest BCUT2D eigenvalue weighted by atomic mass is 10.1. The van der Waals surface area contributed by atoms with Crippen LogP contribution in [-0.2, 0) is 0 Å². The average molecular weight is 270 g/mol. The lowest BCUT2D eigenvalue weighted by Crippen LogP contribution is -2.28. The number of aryl methyl sites for hydroxylation is 1. The Labute approximate surface area is 116 Å². The number of aliphatic hydroxyl groups excluding tert-OH is 1. The van der Waals surface area contributed by atoms with Gasteiger partial charge in [0.25, 0.3) is 5.91 Å². The van der Waals surface area contributed by atoms with E-state index in [1.54, 1.807) is 43.3 Å². The van der Waals surface area contributed by atoms with Gasteiger partial charge in [-0.3, -0.25) is 4.79 Å². The van der Waals surface area contributed by atoms with Gasteiger partial charge in [0.15, 0.2) is 0 Å². The Kier molecular flexibility index (Phi) is 4.18. The molecule has 5 heteroatoms. The SMILES string of the molecule is Cc1ccc([C@H](O)CNC(=O)c2ccc(C#N)cc2)o1. The van der Waals surface area contributed by atoms with Crippen molar-refractivity contribution in [2.75, 3.05) is 6.54 Å². The molecule has 0 aliphatic rings. The molecule has 1 aromatic heterocycles. The molecule has 1 aromatic carbocycles. The number of nitriles is 1. The zero-order valence-corrected chi connectivity index (χ0v) is 11.0. The minimum Gasteiger partial charge on any atom is -0.464 e. The van der Waals surface area contributed by atoms with Crippen molar-refractivity contribution < 1.29 is 14.3 Å². The number of rotatable bonds is 4. The van der Waals surface area contributed by atoms with Gasteiger partial charge >= 0.3 is 0 Å². The summed E-state index contributed by atoms with van der Waals surface area (Å²) in [5.41, 5.74) is 0.930. The first kappa shape index (κ1) is 13.8. The van der Waals surface area contributed by atoms with E-state index >= 15 is 0 Å². The first-order valence-corrected chi connectivity index (χ1v) is 6.13. The summed E-state index contributed by atoms with van der Waals surface area (Å²) in [6, 6.07) is 11.7. The van der Waals surface area contributed by atoms with Gasteiger partial charge in [0, 0.05) is 5.56 Å². The number of amides is 1. The van der Waals surface area contributed by atoms with Crippen LogP contribution in [0.2, 0.25) is 0 Å². The summed E-state index contributed by atoms with van der Waals surface area (Å²) < 4.78 is 5.28. The summed E-state index contributed by atoms with van der Waals surface area (Å²) in [4.78, 5) is 11.8. The molecule has 1 amide bonds. The Morgan fingerprint density at radius 2 is 2.05 bits per heavy atom. The van der Waals surface area contributed by atoms with Gasteiger partial charge in [0.05, 0.1) is 18.2 Å². The molecule has 0 aliphatic heterocycles. The number of hydrogen-bond donors (Lipinski definition) is 2. The van der Waals surface area contributed by atoms with E-state index in [2.05, 4.69) is 5.32 Å². The van der Waals surface area contributed by atoms with Gasteiger partial charge in [-0.15, -0.1) is 0 Å². The van der Waals surface area contributed by atoms with E-state index in [-0.39, 0.29) is 12.5 Å².